The van der Waals surface area contributed by atoms with Crippen molar-refractivity contribution in [1.82, 2.24) is 10.6 Å². The van der Waals surface area contributed by atoms with Crippen LogP contribution in [0.25, 0.3) is 0 Å². The zero-order valence-corrected chi connectivity index (χ0v) is 13.7. The van der Waals surface area contributed by atoms with Crippen LogP contribution < -0.4 is 15.4 Å². The molecule has 0 aromatic heterocycles. The van der Waals surface area contributed by atoms with E-state index in [0.29, 0.717) is 18.7 Å². The van der Waals surface area contributed by atoms with Gasteiger partial charge in [0.1, 0.15) is 5.75 Å². The molecule has 0 aliphatic carbocycles. The predicted octanol–water partition coefficient (Wildman–Crippen LogP) is 3.28. The number of carbonyl (C=O) groups is 1. The smallest absolute Gasteiger partial charge is 0.422 e. The monoisotopic (exact) mass is 352 g/mol. The summed E-state index contributed by atoms with van der Waals surface area (Å²) < 4.78 is 40.9. The van der Waals surface area contributed by atoms with Crippen LogP contribution >= 0.6 is 0 Å². The zero-order chi connectivity index (χ0) is 18.3. The maximum atomic E-state index is 12.1. The van der Waals surface area contributed by atoms with Gasteiger partial charge in [-0.05, 0) is 35.4 Å². The highest BCUT2D eigenvalue weighted by Gasteiger charge is 2.28. The molecule has 0 fully saturated rings. The molecular formula is C18H19F3N2O2. The molecule has 0 unspecified atom stereocenters. The van der Waals surface area contributed by atoms with E-state index in [0.717, 1.165) is 11.1 Å². The minimum atomic E-state index is -4.34. The molecule has 2 aromatic carbocycles. The fraction of sp³-hybridized carbons (Fsp3) is 0.278. The molecule has 1 amide bonds. The van der Waals surface area contributed by atoms with Gasteiger partial charge in [0.15, 0.2) is 6.61 Å². The summed E-state index contributed by atoms with van der Waals surface area (Å²) in [4.78, 5) is 11.5. The highest BCUT2D eigenvalue weighted by molar-refractivity contribution is 5.93. The Morgan fingerprint density at radius 1 is 0.960 bits per heavy atom. The fourth-order valence-electron chi connectivity index (χ4n) is 2.14. The molecule has 2 aromatic rings. The summed E-state index contributed by atoms with van der Waals surface area (Å²) in [6.07, 6.45) is -4.34. The van der Waals surface area contributed by atoms with Crippen molar-refractivity contribution in [1.29, 1.82) is 0 Å². The molecule has 7 heteroatoms. The maximum Gasteiger partial charge on any atom is 0.422 e. The largest absolute Gasteiger partial charge is 0.484 e. The lowest BCUT2D eigenvalue weighted by molar-refractivity contribution is -0.153. The van der Waals surface area contributed by atoms with E-state index in [4.69, 9.17) is 0 Å². The lowest BCUT2D eigenvalue weighted by Crippen LogP contribution is -2.19. The predicted molar refractivity (Wildman–Crippen MR) is 88.4 cm³/mol. The highest BCUT2D eigenvalue weighted by Crippen LogP contribution is 2.18. The van der Waals surface area contributed by atoms with Gasteiger partial charge in [-0.2, -0.15) is 13.2 Å². The molecule has 4 nitrogen and oxygen atoms in total. The number of hydrogen-bond acceptors (Lipinski definition) is 3. The van der Waals surface area contributed by atoms with E-state index >= 15 is 0 Å². The molecule has 134 valence electrons. The van der Waals surface area contributed by atoms with Crippen molar-refractivity contribution in [2.75, 3.05) is 13.7 Å². The first kappa shape index (κ1) is 18.8. The van der Waals surface area contributed by atoms with Crippen molar-refractivity contribution in [3.05, 3.63) is 65.2 Å². The number of amides is 1. The van der Waals surface area contributed by atoms with Gasteiger partial charge in [0.25, 0.3) is 5.91 Å². The SMILES string of the molecule is CNC(=O)c1ccc(CNCc2ccc(OCC(F)(F)F)cc2)cc1. The van der Waals surface area contributed by atoms with Crippen LogP contribution in [0.15, 0.2) is 48.5 Å². The fourth-order valence-corrected chi connectivity index (χ4v) is 2.14. The van der Waals surface area contributed by atoms with E-state index in [1.807, 2.05) is 12.1 Å². The molecule has 0 saturated heterocycles. The Labute approximate surface area is 144 Å². The van der Waals surface area contributed by atoms with Crippen LogP contribution in [0, 0.1) is 0 Å². The third-order valence-corrected chi connectivity index (χ3v) is 3.43. The van der Waals surface area contributed by atoms with Gasteiger partial charge in [-0.1, -0.05) is 24.3 Å². The van der Waals surface area contributed by atoms with Gasteiger partial charge in [0.05, 0.1) is 0 Å². The number of hydrogen-bond donors (Lipinski definition) is 2. The summed E-state index contributed by atoms with van der Waals surface area (Å²) >= 11 is 0. The van der Waals surface area contributed by atoms with Crippen LogP contribution in [0.4, 0.5) is 13.2 Å². The first-order valence-electron chi connectivity index (χ1n) is 7.67. The molecule has 0 aliphatic rings. The number of rotatable bonds is 7. The van der Waals surface area contributed by atoms with Gasteiger partial charge in [0, 0.05) is 25.7 Å². The first-order valence-corrected chi connectivity index (χ1v) is 7.67. The Morgan fingerprint density at radius 3 is 1.96 bits per heavy atom. The number of ether oxygens (including phenoxy) is 1. The molecule has 2 rings (SSSR count). The van der Waals surface area contributed by atoms with E-state index in [1.165, 1.54) is 12.1 Å². The number of alkyl halides is 3. The summed E-state index contributed by atoms with van der Waals surface area (Å²) in [5.74, 6) is 0.0539. The lowest BCUT2D eigenvalue weighted by atomic mass is 10.1. The molecular weight excluding hydrogens is 333 g/mol. The molecule has 25 heavy (non-hydrogen) atoms. The summed E-state index contributed by atoms with van der Waals surface area (Å²) in [6, 6.07) is 13.7. The van der Waals surface area contributed by atoms with Gasteiger partial charge in [0.2, 0.25) is 0 Å². The molecule has 0 spiro atoms. The second-order valence-corrected chi connectivity index (χ2v) is 5.43. The normalized spacial score (nSPS) is 11.2. The van der Waals surface area contributed by atoms with E-state index in [1.54, 1.807) is 31.3 Å². The molecule has 0 radical (unpaired) electrons. The standard InChI is InChI=1S/C18H19F3N2O2/c1-22-17(24)15-6-2-13(3-7-15)10-23-11-14-4-8-16(9-5-14)25-12-18(19,20)21/h2-9,23H,10-12H2,1H3,(H,22,24). The van der Waals surface area contributed by atoms with Crippen molar-refractivity contribution in [2.24, 2.45) is 0 Å². The van der Waals surface area contributed by atoms with Gasteiger partial charge >= 0.3 is 6.18 Å². The molecule has 0 heterocycles. The van der Waals surface area contributed by atoms with Crippen LogP contribution in [0.2, 0.25) is 0 Å². The quantitative estimate of drug-likeness (QED) is 0.804. The van der Waals surface area contributed by atoms with Crippen LogP contribution in [0.1, 0.15) is 21.5 Å². The van der Waals surface area contributed by atoms with E-state index in [9.17, 15) is 18.0 Å². The third kappa shape index (κ3) is 6.46. The molecule has 0 saturated carbocycles. The van der Waals surface area contributed by atoms with Crippen molar-refractivity contribution >= 4 is 5.91 Å². The summed E-state index contributed by atoms with van der Waals surface area (Å²) in [6.45, 7) is -0.117. The van der Waals surface area contributed by atoms with Crippen molar-refractivity contribution < 1.29 is 22.7 Å². The molecule has 0 bridgehead atoms. The summed E-state index contributed by atoms with van der Waals surface area (Å²) in [5.41, 5.74) is 2.56. The number of nitrogens with one attached hydrogen (secondary N) is 2. The van der Waals surface area contributed by atoms with Crippen molar-refractivity contribution in [2.45, 2.75) is 19.3 Å². The van der Waals surface area contributed by atoms with Gasteiger partial charge in [-0.3, -0.25) is 4.79 Å². The first-order chi connectivity index (χ1) is 11.9. The molecule has 0 aliphatic heterocycles. The Hall–Kier alpha value is -2.54. The van der Waals surface area contributed by atoms with Crippen LogP contribution in [0.5, 0.6) is 5.75 Å². The molecule has 2 N–H and O–H groups in total. The summed E-state index contributed by atoms with van der Waals surface area (Å²) in [5, 5.41) is 5.79. The van der Waals surface area contributed by atoms with Crippen molar-refractivity contribution in [3.63, 3.8) is 0 Å². The average Bonchev–Trinajstić information content (AvgIpc) is 2.60. The van der Waals surface area contributed by atoms with Crippen LogP contribution in [-0.2, 0) is 13.1 Å². The Morgan fingerprint density at radius 2 is 1.48 bits per heavy atom. The maximum absolute atomic E-state index is 12.1. The van der Waals surface area contributed by atoms with Crippen LogP contribution in [0.3, 0.4) is 0 Å². The van der Waals surface area contributed by atoms with E-state index in [-0.39, 0.29) is 11.7 Å². The molecule has 0 atom stereocenters. The third-order valence-electron chi connectivity index (χ3n) is 3.43. The minimum absolute atomic E-state index is 0.132. The Bertz CT molecular complexity index is 683. The van der Waals surface area contributed by atoms with Gasteiger partial charge in [-0.25, -0.2) is 0 Å². The van der Waals surface area contributed by atoms with E-state index < -0.39 is 12.8 Å². The number of carbonyl (C=O) groups excluding carboxylic acids is 1. The number of benzene rings is 2. The zero-order valence-electron chi connectivity index (χ0n) is 13.7. The van der Waals surface area contributed by atoms with Gasteiger partial charge in [-0.15, -0.1) is 0 Å². The Kier molecular flexibility index (Phi) is 6.41. The number of halogens is 3. The minimum Gasteiger partial charge on any atom is -0.484 e. The summed E-state index contributed by atoms with van der Waals surface area (Å²) in [7, 11) is 1.58. The van der Waals surface area contributed by atoms with Crippen LogP contribution in [-0.4, -0.2) is 25.7 Å². The topological polar surface area (TPSA) is 50.4 Å². The van der Waals surface area contributed by atoms with E-state index in [2.05, 4.69) is 15.4 Å². The average molecular weight is 352 g/mol. The van der Waals surface area contributed by atoms with Crippen molar-refractivity contribution in [3.8, 4) is 5.75 Å². The Balaban J connectivity index is 1.78. The second kappa shape index (κ2) is 8.53. The highest BCUT2D eigenvalue weighted by atomic mass is 19.4. The lowest BCUT2D eigenvalue weighted by Gasteiger charge is -2.10. The second-order valence-electron chi connectivity index (χ2n) is 5.43. The van der Waals surface area contributed by atoms with Gasteiger partial charge < -0.3 is 15.4 Å².